The van der Waals surface area contributed by atoms with E-state index < -0.39 is 20.5 Å². The Kier molecular flexibility index (Phi) is 12.8. The minimum absolute atomic E-state index is 0.607. The van der Waals surface area contributed by atoms with Gasteiger partial charge in [0, 0.05) is 25.7 Å². The fourth-order valence-corrected chi connectivity index (χ4v) is 10.8. The van der Waals surface area contributed by atoms with Gasteiger partial charge in [-0.3, -0.25) is 9.80 Å². The van der Waals surface area contributed by atoms with E-state index in [4.69, 9.17) is 9.47 Å². The molecule has 0 saturated carbocycles. The second kappa shape index (κ2) is 16.0. The Morgan fingerprint density at radius 1 is 0.579 bits per heavy atom. The van der Waals surface area contributed by atoms with Gasteiger partial charge in [0.1, 0.15) is 0 Å². The van der Waals surface area contributed by atoms with Crippen LogP contribution in [0.25, 0.3) is 0 Å². The Balaban J connectivity index is 1.28. The van der Waals surface area contributed by atoms with E-state index in [9.17, 15) is 9.59 Å². The average Bonchev–Trinajstić information content (AvgIpc) is 3.64. The van der Waals surface area contributed by atoms with Crippen molar-refractivity contribution in [3.8, 4) is 23.7 Å². The molecule has 4 rings (SSSR count). The molecule has 0 aromatic rings. The summed E-state index contributed by atoms with van der Waals surface area (Å²) in [4.78, 5) is 30.7. The van der Waals surface area contributed by atoms with Crippen LogP contribution in [-0.2, 0) is 19.1 Å². The summed E-state index contributed by atoms with van der Waals surface area (Å²) < 4.78 is 10.2. The molecule has 4 aliphatic heterocycles. The molecule has 0 spiro atoms. The predicted molar refractivity (Wildman–Crippen MR) is 162 cm³/mol. The van der Waals surface area contributed by atoms with Crippen LogP contribution in [-0.4, -0.2) is 92.5 Å². The number of carbonyl (C=O) groups excluding carboxylic acids is 2. The first-order valence-corrected chi connectivity index (χ1v) is 17.9. The number of hydrogen-bond donors (Lipinski definition) is 0. The van der Waals surface area contributed by atoms with E-state index in [0.29, 0.717) is 25.7 Å². The Morgan fingerprint density at radius 2 is 0.947 bits per heavy atom. The number of thioether (sulfide) groups is 4. The summed E-state index contributed by atoms with van der Waals surface area (Å²) in [7, 11) is 0. The van der Waals surface area contributed by atoms with Crippen LogP contribution in [0.5, 0.6) is 0 Å². The summed E-state index contributed by atoms with van der Waals surface area (Å²) in [5.41, 5.74) is 0. The van der Waals surface area contributed by atoms with Gasteiger partial charge in [-0.15, -0.1) is 58.9 Å². The molecule has 0 atom stereocenters. The van der Waals surface area contributed by atoms with Gasteiger partial charge in [-0.2, -0.15) is 0 Å². The van der Waals surface area contributed by atoms with Gasteiger partial charge >= 0.3 is 11.9 Å². The molecule has 6 nitrogen and oxygen atoms in total. The van der Waals surface area contributed by atoms with Crippen molar-refractivity contribution in [1.29, 1.82) is 0 Å². The highest BCUT2D eigenvalue weighted by molar-refractivity contribution is 8.19. The third kappa shape index (κ3) is 9.78. The number of likely N-dealkylation sites (tertiary alicyclic amines) is 2. The molecule has 0 amide bonds. The lowest BCUT2D eigenvalue weighted by molar-refractivity contribution is -0.171. The van der Waals surface area contributed by atoms with Gasteiger partial charge < -0.3 is 9.47 Å². The Bertz CT molecular complexity index is 827. The van der Waals surface area contributed by atoms with Gasteiger partial charge in [-0.25, -0.2) is 9.59 Å². The maximum Gasteiger partial charge on any atom is 0.419 e. The maximum absolute atomic E-state index is 13.0. The maximum atomic E-state index is 13.0. The van der Waals surface area contributed by atoms with E-state index in [1.165, 1.54) is 25.7 Å². The van der Waals surface area contributed by atoms with Crippen LogP contribution < -0.4 is 0 Å². The topological polar surface area (TPSA) is 59.1 Å². The second-order valence-electron chi connectivity index (χ2n) is 9.92. The molecular weight excluding hydrogens is 557 g/mol. The van der Waals surface area contributed by atoms with Crippen molar-refractivity contribution in [2.75, 3.05) is 62.3 Å². The molecule has 38 heavy (non-hydrogen) atoms. The van der Waals surface area contributed by atoms with Gasteiger partial charge in [-0.1, -0.05) is 11.8 Å². The molecule has 0 aromatic carbocycles. The van der Waals surface area contributed by atoms with Gasteiger partial charge in [-0.05, 0) is 87.7 Å². The van der Waals surface area contributed by atoms with E-state index in [2.05, 4.69) is 33.5 Å². The highest BCUT2D eigenvalue weighted by Crippen LogP contribution is 2.48. The summed E-state index contributed by atoms with van der Waals surface area (Å²) in [6.07, 6.45) is 9.66. The molecule has 4 aliphatic rings. The molecule has 4 fully saturated rings. The zero-order valence-electron chi connectivity index (χ0n) is 22.3. The number of ether oxygens (including phenoxy) is 2. The Labute approximate surface area is 245 Å². The summed E-state index contributed by atoms with van der Waals surface area (Å²) in [5.74, 6) is 14.9. The Hall–Kier alpha value is -0.620. The van der Waals surface area contributed by atoms with Crippen molar-refractivity contribution < 1.29 is 19.1 Å². The monoisotopic (exact) mass is 596 g/mol. The number of hydrogen-bond acceptors (Lipinski definition) is 10. The largest absolute Gasteiger partial charge is 0.430 e. The third-order valence-electron chi connectivity index (χ3n) is 6.89. The van der Waals surface area contributed by atoms with Crippen molar-refractivity contribution in [2.24, 2.45) is 0 Å². The fourth-order valence-electron chi connectivity index (χ4n) is 4.81. The third-order valence-corrected chi connectivity index (χ3v) is 13.2. The standard InChI is InChI=1S/C28H40N2O4S4/c31-25(33-27(35-21-11-22-36-27)13-3-1-5-15-29-17-7-8-18-29)26(32)34-28(37-23-12-24-38-28)14-4-2-6-16-30-19-9-10-20-30/h3-4,7-24H2. The van der Waals surface area contributed by atoms with Crippen molar-refractivity contribution >= 4 is 59.0 Å². The first-order chi connectivity index (χ1) is 18.6. The summed E-state index contributed by atoms with van der Waals surface area (Å²) in [6, 6.07) is 0. The van der Waals surface area contributed by atoms with Crippen LogP contribution in [0, 0.1) is 23.7 Å². The van der Waals surface area contributed by atoms with E-state index in [0.717, 1.165) is 75.1 Å². The first-order valence-electron chi connectivity index (χ1n) is 14.0. The van der Waals surface area contributed by atoms with Crippen molar-refractivity contribution in [3.05, 3.63) is 0 Å². The van der Waals surface area contributed by atoms with Crippen LogP contribution >= 0.6 is 47.0 Å². The molecule has 0 bridgehead atoms. The van der Waals surface area contributed by atoms with E-state index >= 15 is 0 Å². The smallest absolute Gasteiger partial charge is 0.419 e. The van der Waals surface area contributed by atoms with E-state index in [1.807, 2.05) is 0 Å². The highest BCUT2D eigenvalue weighted by Gasteiger charge is 2.43. The van der Waals surface area contributed by atoms with E-state index in [1.54, 1.807) is 47.0 Å². The van der Waals surface area contributed by atoms with Gasteiger partial charge in [0.05, 0.1) is 13.1 Å². The lowest BCUT2D eigenvalue weighted by atomic mass is 10.3. The number of carbonyl (C=O) groups is 2. The Morgan fingerprint density at radius 3 is 1.32 bits per heavy atom. The minimum Gasteiger partial charge on any atom is -0.430 e. The lowest BCUT2D eigenvalue weighted by Crippen LogP contribution is -2.39. The van der Waals surface area contributed by atoms with Gasteiger partial charge in [0.15, 0.2) is 0 Å². The minimum atomic E-state index is -0.886. The van der Waals surface area contributed by atoms with Crippen molar-refractivity contribution in [1.82, 2.24) is 9.80 Å². The van der Waals surface area contributed by atoms with Crippen LogP contribution in [0.2, 0.25) is 0 Å². The second-order valence-corrected chi connectivity index (χ2v) is 15.9. The molecule has 10 heteroatoms. The zero-order chi connectivity index (χ0) is 26.5. The van der Waals surface area contributed by atoms with Gasteiger partial charge in [0.2, 0.25) is 8.53 Å². The number of esters is 2. The fraction of sp³-hybridized carbons (Fsp3) is 0.786. The first kappa shape index (κ1) is 30.3. The average molecular weight is 597 g/mol. The summed E-state index contributed by atoms with van der Waals surface area (Å²) in [5, 5.41) is 0. The normalized spacial score (nSPS) is 23.1. The van der Waals surface area contributed by atoms with Crippen LogP contribution in [0.15, 0.2) is 0 Å². The zero-order valence-corrected chi connectivity index (χ0v) is 25.6. The molecule has 0 aromatic heterocycles. The quantitative estimate of drug-likeness (QED) is 0.220. The SMILES string of the molecule is O=C(OC1(CCC#CCN2CCCC2)SCCCS1)C(=O)OC1(CCC#CCN2CCCC2)SCCCS1. The van der Waals surface area contributed by atoms with Crippen molar-refractivity contribution in [2.45, 2.75) is 72.7 Å². The van der Waals surface area contributed by atoms with Crippen LogP contribution in [0.4, 0.5) is 0 Å². The van der Waals surface area contributed by atoms with Crippen molar-refractivity contribution in [3.63, 3.8) is 0 Å². The predicted octanol–water partition coefficient (Wildman–Crippen LogP) is 4.88. The molecule has 0 radical (unpaired) electrons. The number of rotatable bonds is 8. The molecule has 4 saturated heterocycles. The van der Waals surface area contributed by atoms with Crippen LogP contribution in [0.3, 0.4) is 0 Å². The van der Waals surface area contributed by atoms with Gasteiger partial charge in [0.25, 0.3) is 0 Å². The number of nitrogens with zero attached hydrogens (tertiary/aromatic N) is 2. The molecule has 210 valence electrons. The highest BCUT2D eigenvalue weighted by atomic mass is 32.2. The summed E-state index contributed by atoms with van der Waals surface area (Å²) in [6.45, 7) is 6.14. The lowest BCUT2D eigenvalue weighted by Gasteiger charge is -2.36. The van der Waals surface area contributed by atoms with Crippen LogP contribution in [0.1, 0.15) is 64.2 Å². The molecule has 4 heterocycles. The molecular formula is C28H40N2O4S4. The van der Waals surface area contributed by atoms with E-state index in [-0.39, 0.29) is 0 Å². The molecule has 0 aliphatic carbocycles. The molecule has 0 unspecified atom stereocenters. The molecule has 0 N–H and O–H groups in total. The summed E-state index contributed by atoms with van der Waals surface area (Å²) >= 11 is 6.46.